The van der Waals surface area contributed by atoms with E-state index in [1.54, 1.807) is 18.2 Å². The number of benzene rings is 2. The first-order valence-corrected chi connectivity index (χ1v) is 11.8. The normalized spacial score (nSPS) is 15.2. The van der Waals surface area contributed by atoms with Crippen molar-refractivity contribution in [3.8, 4) is 5.75 Å². The Labute approximate surface area is 179 Å². The molecule has 1 N–H and O–H groups in total. The van der Waals surface area contributed by atoms with Gasteiger partial charge in [-0.15, -0.1) is 0 Å². The molecule has 0 aliphatic carbocycles. The number of hydrogen-bond acceptors (Lipinski definition) is 4. The maximum atomic E-state index is 13.1. The number of rotatable bonds is 6. The minimum absolute atomic E-state index is 0.119. The number of nitrogens with one attached hydrogen (secondary N) is 1. The molecule has 0 aromatic heterocycles. The average molecular weight is 431 g/mol. The zero-order valence-electron chi connectivity index (χ0n) is 18.1. The lowest BCUT2D eigenvalue weighted by atomic mass is 10.1. The van der Waals surface area contributed by atoms with Gasteiger partial charge in [-0.25, -0.2) is 8.42 Å². The van der Waals surface area contributed by atoms with Gasteiger partial charge in [0.05, 0.1) is 16.7 Å². The van der Waals surface area contributed by atoms with Gasteiger partial charge < -0.3 is 10.1 Å². The van der Waals surface area contributed by atoms with Gasteiger partial charge >= 0.3 is 0 Å². The van der Waals surface area contributed by atoms with Crippen molar-refractivity contribution in [2.75, 3.05) is 18.4 Å². The molecule has 1 amide bonds. The fourth-order valence-electron chi connectivity index (χ4n) is 3.46. The monoisotopic (exact) mass is 430 g/mol. The molecule has 1 aliphatic heterocycles. The number of ether oxygens (including phenoxy) is 1. The summed E-state index contributed by atoms with van der Waals surface area (Å²) < 4.78 is 33.5. The lowest BCUT2D eigenvalue weighted by Crippen LogP contribution is -2.35. The van der Waals surface area contributed by atoms with Gasteiger partial charge in [-0.2, -0.15) is 4.31 Å². The summed E-state index contributed by atoms with van der Waals surface area (Å²) in [5, 5.41) is 2.85. The fraction of sp³-hybridized carbons (Fsp3) is 0.435. The van der Waals surface area contributed by atoms with Gasteiger partial charge in [0.2, 0.25) is 10.0 Å². The number of sulfonamides is 1. The molecular weight excluding hydrogens is 400 g/mol. The van der Waals surface area contributed by atoms with E-state index in [4.69, 9.17) is 4.74 Å². The van der Waals surface area contributed by atoms with Gasteiger partial charge in [-0.05, 0) is 82.0 Å². The van der Waals surface area contributed by atoms with Crippen molar-refractivity contribution < 1.29 is 17.9 Å². The van der Waals surface area contributed by atoms with E-state index in [0.29, 0.717) is 30.1 Å². The molecule has 0 radical (unpaired) electrons. The number of anilines is 1. The number of carbonyl (C=O) groups is 1. The summed E-state index contributed by atoms with van der Waals surface area (Å²) in [5.41, 5.74) is 2.98. The van der Waals surface area contributed by atoms with Crippen LogP contribution in [0.4, 0.5) is 5.69 Å². The van der Waals surface area contributed by atoms with Gasteiger partial charge in [-0.3, -0.25) is 4.79 Å². The van der Waals surface area contributed by atoms with Gasteiger partial charge in [0, 0.05) is 18.7 Å². The summed E-state index contributed by atoms with van der Waals surface area (Å²) >= 11 is 0. The second kappa shape index (κ2) is 9.18. The SMILES string of the molecule is Cc1ccc(C(=O)Nc2cc(S(=O)(=O)N3CCCCC3)ccc2OC(C)C)cc1C. The minimum atomic E-state index is -3.62. The lowest BCUT2D eigenvalue weighted by Gasteiger charge is -2.26. The van der Waals surface area contributed by atoms with Crippen LogP contribution in [-0.2, 0) is 10.0 Å². The Balaban J connectivity index is 1.94. The molecule has 0 saturated carbocycles. The highest BCUT2D eigenvalue weighted by Gasteiger charge is 2.27. The Morgan fingerprint density at radius 1 is 1.00 bits per heavy atom. The maximum Gasteiger partial charge on any atom is 0.255 e. The topological polar surface area (TPSA) is 75.7 Å². The van der Waals surface area contributed by atoms with Crippen LogP contribution in [-0.4, -0.2) is 37.8 Å². The summed E-state index contributed by atoms with van der Waals surface area (Å²) in [6, 6.07) is 10.1. The highest BCUT2D eigenvalue weighted by atomic mass is 32.2. The molecule has 1 aliphatic rings. The standard InChI is InChI=1S/C23H30N2O4S/c1-16(2)29-22-11-10-20(30(27,28)25-12-6-5-7-13-25)15-21(22)24-23(26)19-9-8-17(3)18(4)14-19/h8-11,14-16H,5-7,12-13H2,1-4H3,(H,24,26). The van der Waals surface area contributed by atoms with E-state index in [-0.39, 0.29) is 16.9 Å². The van der Waals surface area contributed by atoms with E-state index in [1.165, 1.54) is 10.4 Å². The third-order valence-electron chi connectivity index (χ3n) is 5.28. The van der Waals surface area contributed by atoms with Crippen molar-refractivity contribution in [3.05, 3.63) is 53.1 Å². The van der Waals surface area contributed by atoms with E-state index < -0.39 is 10.0 Å². The Morgan fingerprint density at radius 2 is 1.70 bits per heavy atom. The van der Waals surface area contributed by atoms with Gasteiger partial charge in [0.15, 0.2) is 0 Å². The Hall–Kier alpha value is -2.38. The highest BCUT2D eigenvalue weighted by molar-refractivity contribution is 7.89. The Morgan fingerprint density at radius 3 is 2.33 bits per heavy atom. The van der Waals surface area contributed by atoms with Crippen LogP contribution < -0.4 is 10.1 Å². The van der Waals surface area contributed by atoms with Gasteiger partial charge in [0.1, 0.15) is 5.75 Å². The molecule has 162 valence electrons. The van der Waals surface area contributed by atoms with Crippen molar-refractivity contribution in [1.82, 2.24) is 4.31 Å². The second-order valence-electron chi connectivity index (χ2n) is 8.04. The number of piperidine rings is 1. The van der Waals surface area contributed by atoms with Crippen molar-refractivity contribution >= 4 is 21.6 Å². The van der Waals surface area contributed by atoms with E-state index >= 15 is 0 Å². The summed E-state index contributed by atoms with van der Waals surface area (Å²) in [6.07, 6.45) is 2.66. The summed E-state index contributed by atoms with van der Waals surface area (Å²) in [6.45, 7) is 8.75. The van der Waals surface area contributed by atoms with Crippen LogP contribution in [0.25, 0.3) is 0 Å². The molecule has 0 spiro atoms. The molecule has 0 unspecified atom stereocenters. The fourth-order valence-corrected chi connectivity index (χ4v) is 5.00. The number of hydrogen-bond donors (Lipinski definition) is 1. The Kier molecular flexibility index (Phi) is 6.83. The first-order chi connectivity index (χ1) is 14.2. The van der Waals surface area contributed by atoms with Crippen LogP contribution in [0.5, 0.6) is 5.75 Å². The van der Waals surface area contributed by atoms with E-state index in [9.17, 15) is 13.2 Å². The van der Waals surface area contributed by atoms with Crippen molar-refractivity contribution in [2.45, 2.75) is 58.0 Å². The van der Waals surface area contributed by atoms with Crippen molar-refractivity contribution in [1.29, 1.82) is 0 Å². The van der Waals surface area contributed by atoms with Crippen LogP contribution in [0.15, 0.2) is 41.3 Å². The van der Waals surface area contributed by atoms with Crippen LogP contribution in [0.3, 0.4) is 0 Å². The molecule has 6 nitrogen and oxygen atoms in total. The van der Waals surface area contributed by atoms with E-state index in [1.807, 2.05) is 39.8 Å². The zero-order valence-corrected chi connectivity index (χ0v) is 18.9. The molecule has 30 heavy (non-hydrogen) atoms. The van der Waals surface area contributed by atoms with Crippen LogP contribution in [0, 0.1) is 13.8 Å². The van der Waals surface area contributed by atoms with Crippen LogP contribution in [0.2, 0.25) is 0 Å². The largest absolute Gasteiger partial charge is 0.489 e. The molecule has 1 saturated heterocycles. The number of nitrogens with zero attached hydrogens (tertiary/aromatic N) is 1. The molecule has 1 fully saturated rings. The van der Waals surface area contributed by atoms with Crippen LogP contribution >= 0.6 is 0 Å². The summed E-state index contributed by atoms with van der Waals surface area (Å²) in [7, 11) is -3.62. The Bertz CT molecular complexity index is 1030. The molecule has 7 heteroatoms. The van der Waals surface area contributed by atoms with E-state index in [0.717, 1.165) is 30.4 Å². The van der Waals surface area contributed by atoms with Crippen molar-refractivity contribution in [2.24, 2.45) is 0 Å². The minimum Gasteiger partial charge on any atom is -0.489 e. The van der Waals surface area contributed by atoms with Gasteiger partial charge in [-0.1, -0.05) is 12.5 Å². The lowest BCUT2D eigenvalue weighted by molar-refractivity contribution is 0.102. The molecular formula is C23H30N2O4S. The van der Waals surface area contributed by atoms with Gasteiger partial charge in [0.25, 0.3) is 5.91 Å². The first-order valence-electron chi connectivity index (χ1n) is 10.4. The number of aryl methyl sites for hydroxylation is 2. The molecule has 3 rings (SSSR count). The third kappa shape index (κ3) is 5.02. The quantitative estimate of drug-likeness (QED) is 0.731. The van der Waals surface area contributed by atoms with E-state index in [2.05, 4.69) is 5.32 Å². The molecule has 0 bridgehead atoms. The second-order valence-corrected chi connectivity index (χ2v) is 9.98. The molecule has 2 aromatic carbocycles. The smallest absolute Gasteiger partial charge is 0.255 e. The highest BCUT2D eigenvalue weighted by Crippen LogP contribution is 2.31. The first kappa shape index (κ1) is 22.3. The molecule has 2 aromatic rings. The average Bonchev–Trinajstić information content (AvgIpc) is 2.71. The molecule has 1 heterocycles. The number of carbonyl (C=O) groups excluding carboxylic acids is 1. The van der Waals surface area contributed by atoms with Crippen LogP contribution in [0.1, 0.15) is 54.6 Å². The summed E-state index contributed by atoms with van der Waals surface area (Å²) in [4.78, 5) is 13.0. The predicted octanol–water partition coefficient (Wildman–Crippen LogP) is 4.52. The maximum absolute atomic E-state index is 13.1. The summed E-state index contributed by atoms with van der Waals surface area (Å²) in [5.74, 6) is 0.138. The molecule has 0 atom stereocenters. The number of amides is 1. The predicted molar refractivity (Wildman–Crippen MR) is 119 cm³/mol. The van der Waals surface area contributed by atoms with Crippen molar-refractivity contribution in [3.63, 3.8) is 0 Å². The third-order valence-corrected chi connectivity index (χ3v) is 7.18. The zero-order chi connectivity index (χ0) is 21.9.